The number of rotatable bonds is 4. The van der Waals surface area contributed by atoms with E-state index >= 15 is 0 Å². The van der Waals surface area contributed by atoms with Crippen LogP contribution in [0.2, 0.25) is 0 Å². The van der Waals surface area contributed by atoms with Gasteiger partial charge in [-0.1, -0.05) is 19.1 Å². The minimum Gasteiger partial charge on any atom is -0.396 e. The Bertz CT molecular complexity index is 606. The molecule has 0 bridgehead atoms. The van der Waals surface area contributed by atoms with Crippen molar-refractivity contribution in [3.05, 3.63) is 30.1 Å². The molecule has 0 saturated carbocycles. The Morgan fingerprint density at radius 1 is 1.37 bits per heavy atom. The molecule has 0 aromatic carbocycles. The predicted molar refractivity (Wildman–Crippen MR) is 71.9 cm³/mol. The predicted octanol–water partition coefficient (Wildman–Crippen LogP) is 1.04. The smallest absolute Gasteiger partial charge is 0.178 e. The zero-order valence-corrected chi connectivity index (χ0v) is 10.8. The Morgan fingerprint density at radius 3 is 3.00 bits per heavy atom. The largest absolute Gasteiger partial charge is 0.396 e. The van der Waals surface area contributed by atoms with Crippen molar-refractivity contribution in [2.45, 2.75) is 25.8 Å². The van der Waals surface area contributed by atoms with E-state index in [-0.39, 0.29) is 18.6 Å². The molecule has 2 aromatic rings. The lowest BCUT2D eigenvalue weighted by molar-refractivity contribution is 0.250. The quantitative estimate of drug-likeness (QED) is 0.802. The highest BCUT2D eigenvalue weighted by molar-refractivity contribution is 5.45. The number of hydrogen-bond acceptors (Lipinski definition) is 5. The number of aromatic nitrogens is 4. The van der Waals surface area contributed by atoms with E-state index in [1.807, 2.05) is 25.1 Å². The Labute approximate surface area is 111 Å². The molecule has 0 fully saturated rings. The summed E-state index contributed by atoms with van der Waals surface area (Å²) in [6, 6.07) is 4.04. The van der Waals surface area contributed by atoms with Crippen molar-refractivity contribution >= 4 is 11.5 Å². The van der Waals surface area contributed by atoms with Crippen molar-refractivity contribution in [3.8, 4) is 0 Å². The molecule has 3 rings (SSSR count). The van der Waals surface area contributed by atoms with Gasteiger partial charge in [0.15, 0.2) is 11.5 Å². The van der Waals surface area contributed by atoms with Crippen LogP contribution in [0.1, 0.15) is 19.2 Å². The highest BCUT2D eigenvalue weighted by Gasteiger charge is 2.18. The first-order valence-corrected chi connectivity index (χ1v) is 6.57. The van der Waals surface area contributed by atoms with Gasteiger partial charge in [0.2, 0.25) is 0 Å². The Hall–Kier alpha value is -1.95. The van der Waals surface area contributed by atoms with Crippen LogP contribution in [0, 0.1) is 5.92 Å². The molecule has 2 heterocycles. The van der Waals surface area contributed by atoms with Crippen LogP contribution in [0.4, 0.5) is 5.82 Å². The van der Waals surface area contributed by atoms with Crippen LogP contribution in [0.3, 0.4) is 0 Å². The van der Waals surface area contributed by atoms with E-state index < -0.39 is 0 Å². The second kappa shape index (κ2) is 4.97. The molecule has 0 amide bonds. The summed E-state index contributed by atoms with van der Waals surface area (Å²) in [7, 11) is 0. The monoisotopic (exact) mass is 259 g/mol. The highest BCUT2D eigenvalue weighted by atomic mass is 16.3. The van der Waals surface area contributed by atoms with Crippen LogP contribution in [0.5, 0.6) is 0 Å². The molecule has 0 unspecified atom stereocenters. The van der Waals surface area contributed by atoms with Crippen molar-refractivity contribution in [1.82, 2.24) is 19.8 Å². The molecule has 2 atom stereocenters. The van der Waals surface area contributed by atoms with Crippen molar-refractivity contribution < 1.29 is 5.11 Å². The van der Waals surface area contributed by atoms with E-state index in [0.29, 0.717) is 0 Å². The molecule has 1 aliphatic rings. The maximum absolute atomic E-state index is 9.12. The number of aryl methyl sites for hydroxylation is 1. The fourth-order valence-electron chi connectivity index (χ4n) is 2.34. The molecule has 2 N–H and O–H groups in total. The zero-order chi connectivity index (χ0) is 13.2. The fourth-order valence-corrected chi connectivity index (χ4v) is 2.34. The van der Waals surface area contributed by atoms with Gasteiger partial charge >= 0.3 is 0 Å². The first-order chi connectivity index (χ1) is 9.30. The van der Waals surface area contributed by atoms with Gasteiger partial charge in [-0.25, -0.2) is 0 Å². The molecule has 0 aliphatic heterocycles. The normalized spacial score (nSPS) is 22.2. The van der Waals surface area contributed by atoms with Crippen LogP contribution < -0.4 is 5.32 Å². The summed E-state index contributed by atoms with van der Waals surface area (Å²) >= 11 is 0. The van der Waals surface area contributed by atoms with E-state index in [2.05, 4.69) is 26.7 Å². The van der Waals surface area contributed by atoms with E-state index in [1.165, 1.54) is 0 Å². The number of nitrogens with zero attached hydrogens (tertiary/aromatic N) is 4. The Kier molecular flexibility index (Phi) is 3.16. The molecule has 0 radical (unpaired) electrons. The first kappa shape index (κ1) is 12.1. The van der Waals surface area contributed by atoms with E-state index in [0.717, 1.165) is 30.1 Å². The molecule has 0 saturated heterocycles. The summed E-state index contributed by atoms with van der Waals surface area (Å²) in [4.78, 5) is 0. The third kappa shape index (κ3) is 2.31. The van der Waals surface area contributed by atoms with Gasteiger partial charge in [-0.15, -0.1) is 15.3 Å². The Morgan fingerprint density at radius 2 is 2.26 bits per heavy atom. The number of hydrogen-bond donors (Lipinski definition) is 2. The third-order valence-corrected chi connectivity index (χ3v) is 3.38. The first-order valence-electron chi connectivity index (χ1n) is 6.57. The second-order valence-corrected chi connectivity index (χ2v) is 4.77. The van der Waals surface area contributed by atoms with Crippen LogP contribution in [-0.2, 0) is 6.42 Å². The SMILES string of the molecule is CCc1nnc2ccc(N[C@H]3C=C[C@@H](CO)C3)nn12. The van der Waals surface area contributed by atoms with Crippen molar-refractivity contribution in [1.29, 1.82) is 0 Å². The van der Waals surface area contributed by atoms with Crippen molar-refractivity contribution in [2.24, 2.45) is 5.92 Å². The summed E-state index contributed by atoms with van der Waals surface area (Å²) in [6.45, 7) is 2.23. The van der Waals surface area contributed by atoms with Crippen LogP contribution in [0.25, 0.3) is 5.65 Å². The minimum absolute atomic E-state index is 0.201. The summed E-state index contributed by atoms with van der Waals surface area (Å²) < 4.78 is 1.77. The van der Waals surface area contributed by atoms with Gasteiger partial charge in [0.05, 0.1) is 0 Å². The fraction of sp³-hybridized carbons (Fsp3) is 0.462. The summed E-state index contributed by atoms with van der Waals surface area (Å²) in [5.74, 6) is 1.91. The molecule has 6 heteroatoms. The Balaban J connectivity index is 1.80. The van der Waals surface area contributed by atoms with Crippen molar-refractivity contribution in [2.75, 3.05) is 11.9 Å². The lowest BCUT2D eigenvalue weighted by Crippen LogP contribution is -2.18. The maximum atomic E-state index is 9.12. The van der Waals surface area contributed by atoms with Crippen LogP contribution in [-0.4, -0.2) is 37.6 Å². The molecule has 19 heavy (non-hydrogen) atoms. The lowest BCUT2D eigenvalue weighted by Gasteiger charge is -2.13. The second-order valence-electron chi connectivity index (χ2n) is 4.77. The summed E-state index contributed by atoms with van der Waals surface area (Å²) in [5.41, 5.74) is 0.762. The maximum Gasteiger partial charge on any atom is 0.178 e. The molecular formula is C13H17N5O. The summed E-state index contributed by atoms with van der Waals surface area (Å²) in [6.07, 6.45) is 5.83. The summed E-state index contributed by atoms with van der Waals surface area (Å²) in [5, 5.41) is 25.1. The molecular weight excluding hydrogens is 242 g/mol. The van der Waals surface area contributed by atoms with E-state index in [1.54, 1.807) is 4.52 Å². The molecule has 2 aromatic heterocycles. The highest BCUT2D eigenvalue weighted by Crippen LogP contribution is 2.20. The lowest BCUT2D eigenvalue weighted by atomic mass is 10.1. The van der Waals surface area contributed by atoms with Gasteiger partial charge < -0.3 is 10.4 Å². The van der Waals surface area contributed by atoms with Crippen LogP contribution >= 0.6 is 0 Å². The molecule has 6 nitrogen and oxygen atoms in total. The van der Waals surface area contributed by atoms with Gasteiger partial charge in [-0.3, -0.25) is 0 Å². The third-order valence-electron chi connectivity index (χ3n) is 3.38. The molecule has 100 valence electrons. The van der Waals surface area contributed by atoms with Gasteiger partial charge in [0, 0.05) is 25.0 Å². The van der Waals surface area contributed by atoms with E-state index in [4.69, 9.17) is 5.11 Å². The number of aliphatic hydroxyl groups excluding tert-OH is 1. The van der Waals surface area contributed by atoms with Crippen LogP contribution in [0.15, 0.2) is 24.3 Å². The van der Waals surface area contributed by atoms with Crippen molar-refractivity contribution in [3.63, 3.8) is 0 Å². The van der Waals surface area contributed by atoms with Gasteiger partial charge in [0.1, 0.15) is 5.82 Å². The average Bonchev–Trinajstić information content (AvgIpc) is 3.04. The average molecular weight is 259 g/mol. The van der Waals surface area contributed by atoms with Gasteiger partial charge in [-0.05, 0) is 18.6 Å². The zero-order valence-electron chi connectivity index (χ0n) is 10.8. The number of anilines is 1. The molecule has 0 spiro atoms. The van der Waals surface area contributed by atoms with Gasteiger partial charge in [-0.2, -0.15) is 4.52 Å². The number of nitrogens with one attached hydrogen (secondary N) is 1. The topological polar surface area (TPSA) is 75.3 Å². The minimum atomic E-state index is 0.201. The number of aliphatic hydroxyl groups is 1. The van der Waals surface area contributed by atoms with E-state index in [9.17, 15) is 0 Å². The van der Waals surface area contributed by atoms with Gasteiger partial charge in [0.25, 0.3) is 0 Å². The standard InChI is InChI=1S/C13H17N5O/c1-2-12-15-16-13-6-5-11(17-18(12)13)14-10-4-3-9(7-10)8-19/h3-6,9-10,19H,2,7-8H2,1H3,(H,14,17)/t9-,10+/m1/s1. The molecule has 1 aliphatic carbocycles. The number of fused-ring (bicyclic) bond motifs is 1.